The topological polar surface area (TPSA) is 65.5 Å². The standard InChI is InChI=1S/C20H25N3O2/c1-16-5-2-6-17(11-16)14-23-10-4-8-20(25,19(23)24)15-22-13-18-7-3-9-21-12-18/h2-3,5-7,9,11-12,22,25H,4,8,10,13-15H2,1H3. The Kier molecular flexibility index (Phi) is 5.46. The highest BCUT2D eigenvalue weighted by atomic mass is 16.3. The number of carbonyl (C=O) groups excluding carboxylic acids is 1. The molecule has 2 heterocycles. The van der Waals surface area contributed by atoms with Gasteiger partial charge in [0, 0.05) is 38.6 Å². The van der Waals surface area contributed by atoms with Gasteiger partial charge in [0.2, 0.25) is 0 Å². The third-order valence-corrected chi connectivity index (χ3v) is 4.63. The molecular weight excluding hydrogens is 314 g/mol. The Morgan fingerprint density at radius 3 is 2.88 bits per heavy atom. The number of amides is 1. The molecule has 5 nitrogen and oxygen atoms in total. The highest BCUT2D eigenvalue weighted by molar-refractivity contribution is 5.86. The van der Waals surface area contributed by atoms with Crippen molar-refractivity contribution in [2.45, 2.75) is 38.5 Å². The van der Waals surface area contributed by atoms with E-state index in [2.05, 4.69) is 16.4 Å². The van der Waals surface area contributed by atoms with Crippen LogP contribution in [-0.4, -0.2) is 39.6 Å². The second-order valence-corrected chi connectivity index (χ2v) is 6.82. The van der Waals surface area contributed by atoms with Crippen LogP contribution in [0, 0.1) is 6.92 Å². The molecule has 0 spiro atoms. The zero-order valence-corrected chi connectivity index (χ0v) is 14.6. The van der Waals surface area contributed by atoms with Crippen molar-refractivity contribution in [3.63, 3.8) is 0 Å². The minimum absolute atomic E-state index is 0.182. The van der Waals surface area contributed by atoms with Crippen LogP contribution in [0.3, 0.4) is 0 Å². The van der Waals surface area contributed by atoms with E-state index < -0.39 is 5.60 Å². The summed E-state index contributed by atoms with van der Waals surface area (Å²) < 4.78 is 0. The molecule has 1 amide bonds. The van der Waals surface area contributed by atoms with E-state index in [1.54, 1.807) is 17.3 Å². The third-order valence-electron chi connectivity index (χ3n) is 4.63. The average Bonchev–Trinajstić information content (AvgIpc) is 2.60. The number of pyridine rings is 1. The summed E-state index contributed by atoms with van der Waals surface area (Å²) in [6.45, 7) is 4.12. The summed E-state index contributed by atoms with van der Waals surface area (Å²) >= 11 is 0. The van der Waals surface area contributed by atoms with Gasteiger partial charge >= 0.3 is 0 Å². The number of hydrogen-bond acceptors (Lipinski definition) is 4. The van der Waals surface area contributed by atoms with E-state index in [0.29, 0.717) is 26.1 Å². The highest BCUT2D eigenvalue weighted by Gasteiger charge is 2.41. The molecular formula is C20H25N3O2. The smallest absolute Gasteiger partial charge is 0.256 e. The first kappa shape index (κ1) is 17.6. The number of aryl methyl sites for hydroxylation is 1. The fourth-order valence-corrected chi connectivity index (χ4v) is 3.33. The van der Waals surface area contributed by atoms with Gasteiger partial charge in [-0.05, 0) is 37.0 Å². The first-order valence-corrected chi connectivity index (χ1v) is 8.74. The summed E-state index contributed by atoms with van der Waals surface area (Å²) in [5, 5.41) is 14.0. The highest BCUT2D eigenvalue weighted by Crippen LogP contribution is 2.24. The minimum Gasteiger partial charge on any atom is -0.379 e. The van der Waals surface area contributed by atoms with Crippen LogP contribution in [0.5, 0.6) is 0 Å². The van der Waals surface area contributed by atoms with Gasteiger partial charge in [-0.3, -0.25) is 9.78 Å². The Bertz CT molecular complexity index is 720. The first-order chi connectivity index (χ1) is 12.1. The van der Waals surface area contributed by atoms with Crippen LogP contribution >= 0.6 is 0 Å². The van der Waals surface area contributed by atoms with E-state index >= 15 is 0 Å². The molecule has 0 saturated carbocycles. The molecule has 1 atom stereocenters. The predicted octanol–water partition coefficient (Wildman–Crippen LogP) is 2.03. The first-order valence-electron chi connectivity index (χ1n) is 8.74. The zero-order valence-electron chi connectivity index (χ0n) is 14.6. The van der Waals surface area contributed by atoms with E-state index in [9.17, 15) is 9.90 Å². The van der Waals surface area contributed by atoms with E-state index in [-0.39, 0.29) is 12.5 Å². The van der Waals surface area contributed by atoms with E-state index in [1.165, 1.54) is 5.56 Å². The van der Waals surface area contributed by atoms with E-state index in [0.717, 1.165) is 17.5 Å². The van der Waals surface area contributed by atoms with Crippen LogP contribution in [0.25, 0.3) is 0 Å². The SMILES string of the molecule is Cc1cccc(CN2CCCC(O)(CNCc3cccnc3)C2=O)c1. The normalized spacial score (nSPS) is 20.7. The number of nitrogens with zero attached hydrogens (tertiary/aromatic N) is 2. The minimum atomic E-state index is -1.33. The van der Waals surface area contributed by atoms with Crippen molar-refractivity contribution in [2.75, 3.05) is 13.1 Å². The fraction of sp³-hybridized carbons (Fsp3) is 0.400. The van der Waals surface area contributed by atoms with Crippen molar-refractivity contribution in [1.29, 1.82) is 0 Å². The number of hydrogen-bond donors (Lipinski definition) is 2. The lowest BCUT2D eigenvalue weighted by atomic mass is 9.91. The van der Waals surface area contributed by atoms with Gasteiger partial charge in [-0.15, -0.1) is 0 Å². The molecule has 0 aliphatic carbocycles. The number of aliphatic hydroxyl groups is 1. The lowest BCUT2D eigenvalue weighted by molar-refractivity contribution is -0.157. The lowest BCUT2D eigenvalue weighted by Crippen LogP contribution is -2.57. The van der Waals surface area contributed by atoms with E-state index in [1.807, 2.05) is 37.3 Å². The lowest BCUT2D eigenvalue weighted by Gasteiger charge is -2.38. The molecule has 0 radical (unpaired) electrons. The molecule has 0 bridgehead atoms. The number of nitrogens with one attached hydrogen (secondary N) is 1. The molecule has 1 aliphatic rings. The number of carbonyl (C=O) groups is 1. The Balaban J connectivity index is 1.60. The largest absolute Gasteiger partial charge is 0.379 e. The maximum Gasteiger partial charge on any atom is 0.256 e. The van der Waals surface area contributed by atoms with Gasteiger partial charge in [0.1, 0.15) is 0 Å². The Morgan fingerprint density at radius 1 is 1.28 bits per heavy atom. The van der Waals surface area contributed by atoms with Gasteiger partial charge in [-0.25, -0.2) is 0 Å². The maximum atomic E-state index is 12.8. The fourth-order valence-electron chi connectivity index (χ4n) is 3.33. The Labute approximate surface area is 148 Å². The summed E-state index contributed by atoms with van der Waals surface area (Å²) in [7, 11) is 0. The molecule has 3 rings (SSSR count). The van der Waals surface area contributed by atoms with Crippen molar-refractivity contribution in [2.24, 2.45) is 0 Å². The maximum absolute atomic E-state index is 12.8. The number of aromatic nitrogens is 1. The molecule has 1 aliphatic heterocycles. The number of piperidine rings is 1. The molecule has 1 saturated heterocycles. The van der Waals surface area contributed by atoms with E-state index in [4.69, 9.17) is 0 Å². The van der Waals surface area contributed by atoms with Crippen LogP contribution < -0.4 is 5.32 Å². The molecule has 132 valence electrons. The van der Waals surface area contributed by atoms with Gasteiger partial charge in [-0.2, -0.15) is 0 Å². The zero-order chi connectivity index (χ0) is 17.7. The van der Waals surface area contributed by atoms with Gasteiger partial charge in [0.15, 0.2) is 5.60 Å². The van der Waals surface area contributed by atoms with Crippen LogP contribution in [0.1, 0.15) is 29.5 Å². The van der Waals surface area contributed by atoms with Crippen molar-refractivity contribution < 1.29 is 9.90 Å². The van der Waals surface area contributed by atoms with Crippen LogP contribution in [0.4, 0.5) is 0 Å². The number of likely N-dealkylation sites (tertiary alicyclic amines) is 1. The van der Waals surface area contributed by atoms with Crippen molar-refractivity contribution >= 4 is 5.91 Å². The molecule has 5 heteroatoms. The Morgan fingerprint density at radius 2 is 2.12 bits per heavy atom. The summed E-state index contributed by atoms with van der Waals surface area (Å²) in [4.78, 5) is 18.6. The van der Waals surface area contributed by atoms with Crippen LogP contribution in [-0.2, 0) is 17.9 Å². The van der Waals surface area contributed by atoms with Gasteiger partial charge in [-0.1, -0.05) is 35.9 Å². The number of rotatable bonds is 6. The Hall–Kier alpha value is -2.24. The summed E-state index contributed by atoms with van der Waals surface area (Å²) in [6, 6.07) is 12.0. The summed E-state index contributed by atoms with van der Waals surface area (Å²) in [5.74, 6) is -0.182. The summed E-state index contributed by atoms with van der Waals surface area (Å²) in [6.07, 6.45) is 4.81. The molecule has 2 N–H and O–H groups in total. The molecule has 25 heavy (non-hydrogen) atoms. The molecule has 1 unspecified atom stereocenters. The van der Waals surface area contributed by atoms with Gasteiger partial charge < -0.3 is 15.3 Å². The molecule has 1 aromatic carbocycles. The van der Waals surface area contributed by atoms with Gasteiger partial charge in [0.25, 0.3) is 5.91 Å². The molecule has 1 aromatic heterocycles. The number of benzene rings is 1. The average molecular weight is 339 g/mol. The third kappa shape index (κ3) is 4.44. The van der Waals surface area contributed by atoms with Gasteiger partial charge in [0.05, 0.1) is 0 Å². The second kappa shape index (κ2) is 7.76. The van der Waals surface area contributed by atoms with Crippen LogP contribution in [0.2, 0.25) is 0 Å². The quantitative estimate of drug-likeness (QED) is 0.845. The molecule has 1 fully saturated rings. The second-order valence-electron chi connectivity index (χ2n) is 6.82. The monoisotopic (exact) mass is 339 g/mol. The van der Waals surface area contributed by atoms with Crippen LogP contribution in [0.15, 0.2) is 48.8 Å². The van der Waals surface area contributed by atoms with Crippen molar-refractivity contribution in [3.8, 4) is 0 Å². The van der Waals surface area contributed by atoms with Crippen molar-refractivity contribution in [1.82, 2.24) is 15.2 Å². The molecule has 2 aromatic rings. The predicted molar refractivity (Wildman–Crippen MR) is 96.7 cm³/mol. The van der Waals surface area contributed by atoms with Crippen molar-refractivity contribution in [3.05, 3.63) is 65.5 Å². The summed E-state index contributed by atoms with van der Waals surface area (Å²) in [5.41, 5.74) is 1.98.